The van der Waals surface area contributed by atoms with Crippen LogP contribution in [0.2, 0.25) is 0 Å². The number of nitrogens with zero attached hydrogens (tertiary/aromatic N) is 1. The highest BCUT2D eigenvalue weighted by Crippen LogP contribution is 2.25. The second kappa shape index (κ2) is 8.25. The standard InChI is InChI=1S/C19H24N2O3S/c1-4-19(5-2,12-16(22)23)21-18(24)17-13(3)20-15(25-17)11-14-9-7-6-8-10-14/h6-10H,4-5,11-12H2,1-3H3,(H,21,24)(H,22,23). The number of hydrogen-bond acceptors (Lipinski definition) is 4. The van der Waals surface area contributed by atoms with Crippen molar-refractivity contribution < 1.29 is 14.7 Å². The summed E-state index contributed by atoms with van der Waals surface area (Å²) in [6.07, 6.45) is 1.73. The lowest BCUT2D eigenvalue weighted by Crippen LogP contribution is -2.49. The largest absolute Gasteiger partial charge is 0.481 e. The number of carboxylic acids is 1. The first-order chi connectivity index (χ1) is 11.9. The molecule has 0 aliphatic rings. The highest BCUT2D eigenvalue weighted by atomic mass is 32.1. The van der Waals surface area contributed by atoms with Gasteiger partial charge in [0.15, 0.2) is 0 Å². The highest BCUT2D eigenvalue weighted by Gasteiger charge is 2.32. The fraction of sp³-hybridized carbons (Fsp3) is 0.421. The van der Waals surface area contributed by atoms with E-state index in [4.69, 9.17) is 5.11 Å². The number of nitrogens with one attached hydrogen (secondary N) is 1. The quantitative estimate of drug-likeness (QED) is 0.750. The van der Waals surface area contributed by atoms with Gasteiger partial charge in [0, 0.05) is 6.42 Å². The summed E-state index contributed by atoms with van der Waals surface area (Å²) in [5.74, 6) is -1.14. The van der Waals surface area contributed by atoms with Gasteiger partial charge < -0.3 is 10.4 Å². The molecule has 0 saturated heterocycles. The topological polar surface area (TPSA) is 79.3 Å². The second-order valence-electron chi connectivity index (χ2n) is 6.20. The number of carbonyl (C=O) groups excluding carboxylic acids is 1. The first-order valence-electron chi connectivity index (χ1n) is 8.43. The smallest absolute Gasteiger partial charge is 0.305 e. The van der Waals surface area contributed by atoms with Crippen LogP contribution in [0, 0.1) is 6.92 Å². The zero-order valence-corrected chi connectivity index (χ0v) is 15.7. The molecule has 0 saturated carbocycles. The molecule has 1 aromatic heterocycles. The number of rotatable bonds is 8. The Labute approximate surface area is 152 Å². The highest BCUT2D eigenvalue weighted by molar-refractivity contribution is 7.13. The third kappa shape index (κ3) is 4.89. The van der Waals surface area contributed by atoms with Gasteiger partial charge in [0.2, 0.25) is 0 Å². The van der Waals surface area contributed by atoms with E-state index >= 15 is 0 Å². The Morgan fingerprint density at radius 1 is 1.20 bits per heavy atom. The molecule has 0 radical (unpaired) electrons. The lowest BCUT2D eigenvalue weighted by Gasteiger charge is -2.31. The van der Waals surface area contributed by atoms with Crippen molar-refractivity contribution in [3.05, 3.63) is 51.5 Å². The van der Waals surface area contributed by atoms with Crippen LogP contribution in [0.25, 0.3) is 0 Å². The number of aromatic nitrogens is 1. The van der Waals surface area contributed by atoms with Gasteiger partial charge in [-0.2, -0.15) is 0 Å². The molecule has 0 fully saturated rings. The Balaban J connectivity index is 2.17. The fourth-order valence-electron chi connectivity index (χ4n) is 2.82. The van der Waals surface area contributed by atoms with Gasteiger partial charge in [0.1, 0.15) is 4.88 Å². The molecule has 25 heavy (non-hydrogen) atoms. The minimum atomic E-state index is -0.908. The molecule has 0 bridgehead atoms. The van der Waals surface area contributed by atoms with Crippen LogP contribution in [-0.4, -0.2) is 27.5 Å². The molecular formula is C19H24N2O3S. The summed E-state index contributed by atoms with van der Waals surface area (Å²) in [6, 6.07) is 9.98. The molecule has 134 valence electrons. The van der Waals surface area contributed by atoms with Gasteiger partial charge in [0.25, 0.3) is 5.91 Å². The number of amides is 1. The lowest BCUT2D eigenvalue weighted by atomic mass is 9.89. The molecule has 5 nitrogen and oxygen atoms in total. The van der Waals surface area contributed by atoms with Crippen LogP contribution >= 0.6 is 11.3 Å². The number of carbonyl (C=O) groups is 2. The van der Waals surface area contributed by atoms with E-state index in [1.54, 1.807) is 0 Å². The Morgan fingerprint density at radius 3 is 2.40 bits per heavy atom. The maximum absolute atomic E-state index is 12.7. The van der Waals surface area contributed by atoms with E-state index in [-0.39, 0.29) is 12.3 Å². The Bertz CT molecular complexity index is 736. The molecule has 1 amide bonds. The van der Waals surface area contributed by atoms with E-state index in [0.717, 1.165) is 10.6 Å². The van der Waals surface area contributed by atoms with Crippen LogP contribution in [0.1, 0.15) is 59.0 Å². The maximum atomic E-state index is 12.7. The van der Waals surface area contributed by atoms with Crippen molar-refractivity contribution in [2.45, 2.75) is 52.0 Å². The Kier molecular flexibility index (Phi) is 6.31. The minimum absolute atomic E-state index is 0.0829. The number of aliphatic carboxylic acids is 1. The first-order valence-corrected chi connectivity index (χ1v) is 9.25. The van der Waals surface area contributed by atoms with E-state index in [0.29, 0.717) is 29.8 Å². The first kappa shape index (κ1) is 19.1. The summed E-state index contributed by atoms with van der Waals surface area (Å²) in [4.78, 5) is 28.9. The van der Waals surface area contributed by atoms with E-state index in [9.17, 15) is 9.59 Å². The zero-order valence-electron chi connectivity index (χ0n) is 14.8. The number of carboxylic acid groups (broad SMARTS) is 1. The van der Waals surface area contributed by atoms with Crippen LogP contribution in [-0.2, 0) is 11.2 Å². The van der Waals surface area contributed by atoms with Crippen molar-refractivity contribution >= 4 is 23.2 Å². The van der Waals surface area contributed by atoms with Crippen LogP contribution in [0.15, 0.2) is 30.3 Å². The monoisotopic (exact) mass is 360 g/mol. The summed E-state index contributed by atoms with van der Waals surface area (Å²) in [6.45, 7) is 5.61. The summed E-state index contributed by atoms with van der Waals surface area (Å²) in [7, 11) is 0. The van der Waals surface area contributed by atoms with Gasteiger partial charge in [-0.05, 0) is 25.3 Å². The third-order valence-corrected chi connectivity index (χ3v) is 5.62. The molecule has 1 aromatic carbocycles. The third-order valence-electron chi connectivity index (χ3n) is 4.47. The van der Waals surface area contributed by atoms with Crippen molar-refractivity contribution in [2.24, 2.45) is 0 Å². The van der Waals surface area contributed by atoms with Crippen molar-refractivity contribution in [1.82, 2.24) is 10.3 Å². The van der Waals surface area contributed by atoms with E-state index < -0.39 is 11.5 Å². The molecule has 0 unspecified atom stereocenters. The van der Waals surface area contributed by atoms with Crippen LogP contribution < -0.4 is 5.32 Å². The normalized spacial score (nSPS) is 11.3. The molecule has 0 aliphatic carbocycles. The lowest BCUT2D eigenvalue weighted by molar-refractivity contribution is -0.138. The molecule has 0 aliphatic heterocycles. The summed E-state index contributed by atoms with van der Waals surface area (Å²) in [5, 5.41) is 13.0. The molecule has 0 atom stereocenters. The predicted octanol–water partition coefficient (Wildman–Crippen LogP) is 3.81. The molecular weight excluding hydrogens is 336 g/mol. The van der Waals surface area contributed by atoms with E-state index in [2.05, 4.69) is 10.3 Å². The number of thiazole rings is 1. The van der Waals surface area contributed by atoms with Crippen LogP contribution in [0.5, 0.6) is 0 Å². The van der Waals surface area contributed by atoms with Crippen LogP contribution in [0.4, 0.5) is 0 Å². The Hall–Kier alpha value is -2.21. The number of aryl methyl sites for hydroxylation is 1. The maximum Gasteiger partial charge on any atom is 0.305 e. The minimum Gasteiger partial charge on any atom is -0.481 e. The number of hydrogen-bond donors (Lipinski definition) is 2. The van der Waals surface area contributed by atoms with Gasteiger partial charge in [-0.25, -0.2) is 4.98 Å². The van der Waals surface area contributed by atoms with Crippen molar-refractivity contribution in [3.63, 3.8) is 0 Å². The molecule has 6 heteroatoms. The summed E-state index contributed by atoms with van der Waals surface area (Å²) < 4.78 is 0. The van der Waals surface area contributed by atoms with Gasteiger partial charge >= 0.3 is 5.97 Å². The van der Waals surface area contributed by atoms with Gasteiger partial charge in [0.05, 0.1) is 22.7 Å². The average molecular weight is 360 g/mol. The van der Waals surface area contributed by atoms with Gasteiger partial charge in [-0.3, -0.25) is 9.59 Å². The average Bonchev–Trinajstić information content (AvgIpc) is 2.95. The predicted molar refractivity (Wildman–Crippen MR) is 99.1 cm³/mol. The molecule has 2 N–H and O–H groups in total. The summed E-state index contributed by atoms with van der Waals surface area (Å²) in [5.41, 5.74) is 1.11. The molecule has 2 aromatic rings. The van der Waals surface area contributed by atoms with E-state index in [1.807, 2.05) is 51.1 Å². The van der Waals surface area contributed by atoms with E-state index in [1.165, 1.54) is 11.3 Å². The van der Waals surface area contributed by atoms with Gasteiger partial charge in [-0.15, -0.1) is 11.3 Å². The molecule has 1 heterocycles. The van der Waals surface area contributed by atoms with Gasteiger partial charge in [-0.1, -0.05) is 44.2 Å². The SMILES string of the molecule is CCC(CC)(CC(=O)O)NC(=O)c1sc(Cc2ccccc2)nc1C. The van der Waals surface area contributed by atoms with Crippen molar-refractivity contribution in [2.75, 3.05) is 0 Å². The zero-order chi connectivity index (χ0) is 18.4. The molecule has 2 rings (SSSR count). The summed E-state index contributed by atoms with van der Waals surface area (Å²) >= 11 is 1.37. The van der Waals surface area contributed by atoms with Crippen molar-refractivity contribution in [3.8, 4) is 0 Å². The van der Waals surface area contributed by atoms with Crippen molar-refractivity contribution in [1.29, 1.82) is 0 Å². The second-order valence-corrected chi connectivity index (χ2v) is 7.28. The fourth-order valence-corrected chi connectivity index (χ4v) is 3.81. The number of benzene rings is 1. The Morgan fingerprint density at radius 2 is 1.84 bits per heavy atom. The molecule has 0 spiro atoms. The van der Waals surface area contributed by atoms with Crippen LogP contribution in [0.3, 0.4) is 0 Å².